The van der Waals surface area contributed by atoms with E-state index >= 15 is 0 Å². The van der Waals surface area contributed by atoms with Gasteiger partial charge in [0.25, 0.3) is 0 Å². The molecule has 0 aromatic rings. The SMILES string of the molecule is C=CC(=C)N(CC)CCCC(=O)N(C)C(C(N)=O)C(C)C. The second kappa shape index (κ2) is 9.21. The van der Waals surface area contributed by atoms with Gasteiger partial charge in [0.15, 0.2) is 0 Å². The molecule has 0 radical (unpaired) electrons. The fourth-order valence-corrected chi connectivity index (χ4v) is 2.35. The third-order valence-electron chi connectivity index (χ3n) is 3.58. The fraction of sp³-hybridized carbons (Fsp3) is 0.625. The zero-order chi connectivity index (χ0) is 16.6. The minimum atomic E-state index is -0.553. The van der Waals surface area contributed by atoms with Crippen molar-refractivity contribution in [1.82, 2.24) is 9.80 Å². The first-order valence-corrected chi connectivity index (χ1v) is 7.37. The molecule has 5 nitrogen and oxygen atoms in total. The van der Waals surface area contributed by atoms with Crippen molar-refractivity contribution in [2.45, 2.75) is 39.7 Å². The number of nitrogens with two attached hydrogens (primary N) is 1. The highest BCUT2D eigenvalue weighted by atomic mass is 16.2. The maximum atomic E-state index is 12.2. The molecule has 2 N–H and O–H groups in total. The lowest BCUT2D eigenvalue weighted by atomic mass is 10.0. The highest BCUT2D eigenvalue weighted by Crippen LogP contribution is 2.12. The molecule has 0 heterocycles. The number of hydrogen-bond acceptors (Lipinski definition) is 3. The Bertz CT molecular complexity index is 391. The normalized spacial score (nSPS) is 11.9. The van der Waals surface area contributed by atoms with E-state index in [-0.39, 0.29) is 11.8 Å². The molecule has 0 saturated heterocycles. The van der Waals surface area contributed by atoms with Gasteiger partial charge in [0, 0.05) is 32.3 Å². The van der Waals surface area contributed by atoms with Gasteiger partial charge in [-0.25, -0.2) is 0 Å². The molecule has 1 unspecified atom stereocenters. The summed E-state index contributed by atoms with van der Waals surface area (Å²) in [5.41, 5.74) is 6.23. The largest absolute Gasteiger partial charge is 0.372 e. The van der Waals surface area contributed by atoms with Gasteiger partial charge in [-0.1, -0.05) is 27.0 Å². The second-order valence-electron chi connectivity index (χ2n) is 5.47. The third kappa shape index (κ3) is 6.02. The van der Waals surface area contributed by atoms with E-state index in [4.69, 9.17) is 5.73 Å². The van der Waals surface area contributed by atoms with Crippen LogP contribution in [0.1, 0.15) is 33.6 Å². The first kappa shape index (κ1) is 19.2. The quantitative estimate of drug-likeness (QED) is 0.624. The molecule has 0 saturated carbocycles. The van der Waals surface area contributed by atoms with Crippen LogP contribution in [0.25, 0.3) is 0 Å². The van der Waals surface area contributed by atoms with Gasteiger partial charge in [-0.3, -0.25) is 9.59 Å². The van der Waals surface area contributed by atoms with Gasteiger partial charge in [0.2, 0.25) is 11.8 Å². The van der Waals surface area contributed by atoms with Crippen molar-refractivity contribution in [2.24, 2.45) is 11.7 Å². The minimum Gasteiger partial charge on any atom is -0.372 e. The van der Waals surface area contributed by atoms with E-state index in [1.54, 1.807) is 13.1 Å². The van der Waals surface area contributed by atoms with E-state index in [1.807, 2.05) is 20.8 Å². The average Bonchev–Trinajstić information content (AvgIpc) is 2.41. The van der Waals surface area contributed by atoms with E-state index in [0.717, 1.165) is 18.8 Å². The molecule has 0 spiro atoms. The lowest BCUT2D eigenvalue weighted by Crippen LogP contribution is -2.48. The van der Waals surface area contributed by atoms with Crippen LogP contribution in [-0.4, -0.2) is 47.8 Å². The summed E-state index contributed by atoms with van der Waals surface area (Å²) in [6.07, 6.45) is 2.79. The highest BCUT2D eigenvalue weighted by Gasteiger charge is 2.27. The summed E-state index contributed by atoms with van der Waals surface area (Å²) in [7, 11) is 1.64. The molecule has 0 aromatic carbocycles. The van der Waals surface area contributed by atoms with Crippen molar-refractivity contribution < 1.29 is 9.59 Å². The number of amides is 2. The molecular weight excluding hydrogens is 266 g/mol. The van der Waals surface area contributed by atoms with E-state index < -0.39 is 11.9 Å². The Kier molecular flexibility index (Phi) is 8.43. The number of rotatable bonds is 10. The summed E-state index contributed by atoms with van der Waals surface area (Å²) in [4.78, 5) is 27.1. The predicted molar refractivity (Wildman–Crippen MR) is 86.4 cm³/mol. The Morgan fingerprint density at radius 3 is 2.29 bits per heavy atom. The van der Waals surface area contributed by atoms with E-state index in [1.165, 1.54) is 4.90 Å². The van der Waals surface area contributed by atoms with Crippen LogP contribution in [0.5, 0.6) is 0 Å². The van der Waals surface area contributed by atoms with Crippen molar-refractivity contribution in [2.75, 3.05) is 20.1 Å². The first-order valence-electron chi connectivity index (χ1n) is 7.37. The van der Waals surface area contributed by atoms with Gasteiger partial charge in [0.1, 0.15) is 6.04 Å². The third-order valence-corrected chi connectivity index (χ3v) is 3.58. The zero-order valence-electron chi connectivity index (χ0n) is 13.8. The summed E-state index contributed by atoms with van der Waals surface area (Å²) in [6.45, 7) is 15.0. The molecule has 0 fully saturated rings. The number of hydrogen-bond donors (Lipinski definition) is 1. The van der Waals surface area contributed by atoms with Gasteiger partial charge in [-0.15, -0.1) is 0 Å². The Balaban J connectivity index is 4.46. The molecule has 0 aliphatic heterocycles. The molecule has 2 amide bonds. The number of allylic oxidation sites excluding steroid dienone is 1. The Morgan fingerprint density at radius 2 is 1.90 bits per heavy atom. The lowest BCUT2D eigenvalue weighted by Gasteiger charge is -2.29. The Morgan fingerprint density at radius 1 is 1.33 bits per heavy atom. The fourth-order valence-electron chi connectivity index (χ4n) is 2.35. The number of carbonyl (C=O) groups excluding carboxylic acids is 2. The van der Waals surface area contributed by atoms with Crippen molar-refractivity contribution in [3.8, 4) is 0 Å². The van der Waals surface area contributed by atoms with E-state index in [9.17, 15) is 9.59 Å². The first-order chi connectivity index (χ1) is 9.76. The molecule has 21 heavy (non-hydrogen) atoms. The minimum absolute atomic E-state index is 0.00383. The van der Waals surface area contributed by atoms with Gasteiger partial charge in [0.05, 0.1) is 0 Å². The second-order valence-corrected chi connectivity index (χ2v) is 5.47. The van der Waals surface area contributed by atoms with Crippen LogP contribution in [0.15, 0.2) is 24.9 Å². The van der Waals surface area contributed by atoms with Gasteiger partial charge in [-0.2, -0.15) is 0 Å². The average molecular weight is 295 g/mol. The molecular formula is C16H29N3O2. The van der Waals surface area contributed by atoms with E-state index in [0.29, 0.717) is 12.8 Å². The molecule has 120 valence electrons. The Hall–Kier alpha value is -1.78. The molecule has 0 aliphatic rings. The molecule has 1 atom stereocenters. The van der Waals surface area contributed by atoms with Crippen molar-refractivity contribution >= 4 is 11.8 Å². The van der Waals surface area contributed by atoms with Crippen LogP contribution in [-0.2, 0) is 9.59 Å². The lowest BCUT2D eigenvalue weighted by molar-refractivity contribution is -0.139. The zero-order valence-corrected chi connectivity index (χ0v) is 13.8. The summed E-state index contributed by atoms with van der Waals surface area (Å²) in [6, 6.07) is -0.553. The maximum absolute atomic E-state index is 12.2. The summed E-state index contributed by atoms with van der Waals surface area (Å²) >= 11 is 0. The van der Waals surface area contributed by atoms with Crippen LogP contribution >= 0.6 is 0 Å². The number of primary amides is 1. The smallest absolute Gasteiger partial charge is 0.240 e. The number of likely N-dealkylation sites (N-methyl/N-ethyl adjacent to an activating group) is 2. The molecule has 5 heteroatoms. The van der Waals surface area contributed by atoms with Crippen LogP contribution in [0.2, 0.25) is 0 Å². The van der Waals surface area contributed by atoms with Crippen molar-refractivity contribution in [1.29, 1.82) is 0 Å². The maximum Gasteiger partial charge on any atom is 0.240 e. The van der Waals surface area contributed by atoms with Crippen molar-refractivity contribution in [3.05, 3.63) is 24.9 Å². The van der Waals surface area contributed by atoms with Crippen LogP contribution in [0.3, 0.4) is 0 Å². The van der Waals surface area contributed by atoms with Gasteiger partial charge in [-0.05, 0) is 25.3 Å². The summed E-state index contributed by atoms with van der Waals surface area (Å²) < 4.78 is 0. The summed E-state index contributed by atoms with van der Waals surface area (Å²) in [5, 5.41) is 0. The van der Waals surface area contributed by atoms with Gasteiger partial charge < -0.3 is 15.5 Å². The van der Waals surface area contributed by atoms with Crippen molar-refractivity contribution in [3.63, 3.8) is 0 Å². The molecule has 0 bridgehead atoms. The molecule has 0 aromatic heterocycles. The van der Waals surface area contributed by atoms with Crippen LogP contribution in [0, 0.1) is 5.92 Å². The monoisotopic (exact) mass is 295 g/mol. The molecule has 0 aliphatic carbocycles. The Labute approximate surface area is 128 Å². The number of carbonyl (C=O) groups is 2. The topological polar surface area (TPSA) is 66.6 Å². The number of nitrogens with zero attached hydrogens (tertiary/aromatic N) is 2. The predicted octanol–water partition coefficient (Wildman–Crippen LogP) is 1.76. The van der Waals surface area contributed by atoms with E-state index in [2.05, 4.69) is 18.1 Å². The standard InChI is InChI=1S/C16H29N3O2/c1-7-13(5)19(8-2)11-9-10-14(20)18(6)15(12(3)4)16(17)21/h7,12,15H,1,5,8-11H2,2-4,6H3,(H2,17,21). The summed E-state index contributed by atoms with van der Waals surface area (Å²) in [5.74, 6) is -0.520. The highest BCUT2D eigenvalue weighted by molar-refractivity contribution is 5.86. The van der Waals surface area contributed by atoms with Crippen LogP contribution in [0.4, 0.5) is 0 Å². The van der Waals surface area contributed by atoms with Gasteiger partial charge >= 0.3 is 0 Å². The molecule has 0 rings (SSSR count). The van der Waals surface area contributed by atoms with Crippen LogP contribution < -0.4 is 5.73 Å².